The molecule has 0 saturated heterocycles. The summed E-state index contributed by atoms with van der Waals surface area (Å²) in [5.41, 5.74) is 1.99. The number of aromatic nitrogens is 2. The van der Waals surface area contributed by atoms with Crippen molar-refractivity contribution in [2.24, 2.45) is 0 Å². The van der Waals surface area contributed by atoms with Crippen LogP contribution in [0.25, 0.3) is 11.0 Å². The standard InChI is InChI=1S/C16H13BrN2O3/c1-21-12-4-2-10(3-5-12)9-22-14-7-11(17)6-13-16(14)19-15(20)8-18-13/h2-8H,9H2,1H3,(H,19,20). The van der Waals surface area contributed by atoms with Gasteiger partial charge < -0.3 is 14.5 Å². The second kappa shape index (κ2) is 6.19. The predicted molar refractivity (Wildman–Crippen MR) is 87.4 cm³/mol. The summed E-state index contributed by atoms with van der Waals surface area (Å²) in [6.45, 7) is 0.381. The van der Waals surface area contributed by atoms with E-state index >= 15 is 0 Å². The molecule has 0 spiro atoms. The van der Waals surface area contributed by atoms with Crippen molar-refractivity contribution in [3.05, 3.63) is 63.0 Å². The number of fused-ring (bicyclic) bond motifs is 1. The monoisotopic (exact) mass is 360 g/mol. The fourth-order valence-electron chi connectivity index (χ4n) is 2.08. The van der Waals surface area contributed by atoms with Crippen molar-refractivity contribution in [2.45, 2.75) is 6.61 Å². The lowest BCUT2D eigenvalue weighted by Gasteiger charge is -2.10. The molecule has 0 amide bonds. The molecule has 2 aromatic carbocycles. The van der Waals surface area contributed by atoms with Gasteiger partial charge in [-0.1, -0.05) is 28.1 Å². The molecule has 1 aromatic heterocycles. The second-order valence-corrected chi connectivity index (χ2v) is 5.60. The van der Waals surface area contributed by atoms with Crippen LogP contribution in [-0.2, 0) is 6.61 Å². The third kappa shape index (κ3) is 3.12. The number of aromatic amines is 1. The van der Waals surface area contributed by atoms with E-state index in [4.69, 9.17) is 9.47 Å². The van der Waals surface area contributed by atoms with E-state index in [1.807, 2.05) is 36.4 Å². The number of halogens is 1. The first-order valence-electron chi connectivity index (χ1n) is 6.60. The van der Waals surface area contributed by atoms with E-state index in [9.17, 15) is 4.79 Å². The van der Waals surface area contributed by atoms with Gasteiger partial charge in [-0.15, -0.1) is 0 Å². The average molecular weight is 361 g/mol. The molecule has 0 radical (unpaired) electrons. The molecule has 0 unspecified atom stereocenters. The Morgan fingerprint density at radius 1 is 1.23 bits per heavy atom. The lowest BCUT2D eigenvalue weighted by atomic mass is 10.2. The highest BCUT2D eigenvalue weighted by Gasteiger charge is 2.07. The zero-order valence-electron chi connectivity index (χ0n) is 11.8. The number of rotatable bonds is 4. The van der Waals surface area contributed by atoms with Crippen molar-refractivity contribution in [2.75, 3.05) is 7.11 Å². The molecule has 0 saturated carbocycles. The fourth-order valence-corrected chi connectivity index (χ4v) is 2.50. The van der Waals surface area contributed by atoms with Gasteiger partial charge in [-0.3, -0.25) is 4.79 Å². The van der Waals surface area contributed by atoms with Crippen LogP contribution in [0, 0.1) is 0 Å². The topological polar surface area (TPSA) is 64.2 Å². The Kier molecular flexibility index (Phi) is 4.11. The van der Waals surface area contributed by atoms with Crippen LogP contribution in [0.2, 0.25) is 0 Å². The third-order valence-corrected chi connectivity index (χ3v) is 3.63. The summed E-state index contributed by atoms with van der Waals surface area (Å²) in [7, 11) is 1.63. The van der Waals surface area contributed by atoms with Crippen LogP contribution in [0.3, 0.4) is 0 Å². The van der Waals surface area contributed by atoms with E-state index in [0.717, 1.165) is 15.8 Å². The SMILES string of the molecule is COc1ccc(COc2cc(Br)cc3ncc(=O)[nH]c23)cc1. The highest BCUT2D eigenvalue weighted by Crippen LogP contribution is 2.27. The van der Waals surface area contributed by atoms with Crippen LogP contribution in [0.4, 0.5) is 0 Å². The van der Waals surface area contributed by atoms with Crippen molar-refractivity contribution < 1.29 is 9.47 Å². The second-order valence-electron chi connectivity index (χ2n) is 4.68. The van der Waals surface area contributed by atoms with Crippen molar-refractivity contribution >= 4 is 27.0 Å². The summed E-state index contributed by atoms with van der Waals surface area (Å²) in [5.74, 6) is 1.37. The van der Waals surface area contributed by atoms with Crippen molar-refractivity contribution in [3.63, 3.8) is 0 Å². The Bertz CT molecular complexity index is 859. The normalized spacial score (nSPS) is 10.6. The molecule has 22 heavy (non-hydrogen) atoms. The number of ether oxygens (including phenoxy) is 2. The third-order valence-electron chi connectivity index (χ3n) is 3.17. The van der Waals surface area contributed by atoms with E-state index in [0.29, 0.717) is 23.4 Å². The van der Waals surface area contributed by atoms with E-state index in [1.165, 1.54) is 6.20 Å². The van der Waals surface area contributed by atoms with Crippen molar-refractivity contribution in [1.29, 1.82) is 0 Å². The quantitative estimate of drug-likeness (QED) is 0.775. The minimum Gasteiger partial charge on any atom is -0.497 e. The van der Waals surface area contributed by atoms with Gasteiger partial charge >= 0.3 is 0 Å². The Morgan fingerprint density at radius 3 is 2.73 bits per heavy atom. The van der Waals surface area contributed by atoms with E-state index in [2.05, 4.69) is 25.9 Å². The summed E-state index contributed by atoms with van der Waals surface area (Å²) < 4.78 is 11.8. The van der Waals surface area contributed by atoms with Crippen LogP contribution in [0.5, 0.6) is 11.5 Å². The maximum Gasteiger partial charge on any atom is 0.266 e. The average Bonchev–Trinajstić information content (AvgIpc) is 2.53. The summed E-state index contributed by atoms with van der Waals surface area (Å²) in [4.78, 5) is 18.3. The minimum atomic E-state index is -0.260. The van der Waals surface area contributed by atoms with Crippen LogP contribution in [0.15, 0.2) is 51.9 Å². The van der Waals surface area contributed by atoms with Gasteiger partial charge in [-0.25, -0.2) is 4.98 Å². The first-order chi connectivity index (χ1) is 10.7. The van der Waals surface area contributed by atoms with Gasteiger partial charge in [0.25, 0.3) is 5.56 Å². The lowest BCUT2D eigenvalue weighted by Crippen LogP contribution is -2.06. The molecule has 3 rings (SSSR count). The minimum absolute atomic E-state index is 0.260. The number of hydrogen-bond donors (Lipinski definition) is 1. The maximum absolute atomic E-state index is 11.5. The molecule has 0 fully saturated rings. The molecule has 0 aliphatic rings. The largest absolute Gasteiger partial charge is 0.497 e. The van der Waals surface area contributed by atoms with Crippen LogP contribution in [0.1, 0.15) is 5.56 Å². The Balaban J connectivity index is 1.89. The van der Waals surface area contributed by atoms with E-state index in [1.54, 1.807) is 7.11 Å². The summed E-state index contributed by atoms with van der Waals surface area (Å²) in [6, 6.07) is 11.2. The fraction of sp³-hybridized carbons (Fsp3) is 0.125. The summed E-state index contributed by atoms with van der Waals surface area (Å²) in [6.07, 6.45) is 1.25. The number of methoxy groups -OCH3 is 1. The maximum atomic E-state index is 11.5. The zero-order chi connectivity index (χ0) is 15.5. The van der Waals surface area contributed by atoms with Gasteiger partial charge in [-0.05, 0) is 29.8 Å². The van der Waals surface area contributed by atoms with Crippen LogP contribution >= 0.6 is 15.9 Å². The van der Waals surface area contributed by atoms with Crippen molar-refractivity contribution in [1.82, 2.24) is 9.97 Å². The first-order valence-corrected chi connectivity index (χ1v) is 7.39. The molecule has 0 atom stereocenters. The van der Waals surface area contributed by atoms with Crippen LogP contribution in [-0.4, -0.2) is 17.1 Å². The predicted octanol–water partition coefficient (Wildman–Crippen LogP) is 3.27. The van der Waals surface area contributed by atoms with Crippen molar-refractivity contribution in [3.8, 4) is 11.5 Å². The number of nitrogens with one attached hydrogen (secondary N) is 1. The van der Waals surface area contributed by atoms with Gasteiger partial charge in [-0.2, -0.15) is 0 Å². The number of hydrogen-bond acceptors (Lipinski definition) is 4. The number of nitrogens with zero attached hydrogens (tertiary/aromatic N) is 1. The molecule has 1 N–H and O–H groups in total. The van der Waals surface area contributed by atoms with Gasteiger partial charge in [0.2, 0.25) is 0 Å². The smallest absolute Gasteiger partial charge is 0.266 e. The molecular formula is C16H13BrN2O3. The Labute approximate surface area is 135 Å². The molecule has 1 heterocycles. The lowest BCUT2D eigenvalue weighted by molar-refractivity contribution is 0.309. The number of H-pyrrole nitrogens is 1. The molecular weight excluding hydrogens is 348 g/mol. The Hall–Kier alpha value is -2.34. The van der Waals surface area contributed by atoms with E-state index < -0.39 is 0 Å². The zero-order valence-corrected chi connectivity index (χ0v) is 13.4. The summed E-state index contributed by atoms with van der Waals surface area (Å²) >= 11 is 3.42. The molecule has 6 heteroatoms. The molecule has 3 aromatic rings. The molecule has 5 nitrogen and oxygen atoms in total. The van der Waals surface area contributed by atoms with Gasteiger partial charge in [0, 0.05) is 4.47 Å². The van der Waals surface area contributed by atoms with Gasteiger partial charge in [0.15, 0.2) is 0 Å². The number of benzene rings is 2. The summed E-state index contributed by atoms with van der Waals surface area (Å²) in [5, 5.41) is 0. The molecule has 0 aliphatic carbocycles. The highest BCUT2D eigenvalue weighted by molar-refractivity contribution is 9.10. The van der Waals surface area contributed by atoms with Gasteiger partial charge in [0.05, 0.1) is 18.8 Å². The van der Waals surface area contributed by atoms with Crippen LogP contribution < -0.4 is 15.0 Å². The molecule has 112 valence electrons. The Morgan fingerprint density at radius 2 is 2.00 bits per heavy atom. The first kappa shape index (κ1) is 14.6. The molecule has 0 aliphatic heterocycles. The van der Waals surface area contributed by atoms with E-state index in [-0.39, 0.29) is 5.56 Å². The molecule has 0 bridgehead atoms. The van der Waals surface area contributed by atoms with Gasteiger partial charge in [0.1, 0.15) is 23.6 Å². The highest BCUT2D eigenvalue weighted by atomic mass is 79.9.